The highest BCUT2D eigenvalue weighted by atomic mass is 35.5. The number of sulfonamides is 1. The van der Waals surface area contributed by atoms with Crippen LogP contribution < -0.4 is 19.1 Å². The van der Waals surface area contributed by atoms with E-state index in [1.165, 1.54) is 43.4 Å². The largest absolute Gasteiger partial charge is 0.497 e. The molecule has 12 heteroatoms. The second kappa shape index (κ2) is 14.6. The monoisotopic (exact) mass is 635 g/mol. The average Bonchev–Trinajstić information content (AvgIpc) is 2.99. The number of halogens is 2. The maximum Gasteiger partial charge on any atom is 0.264 e. The lowest BCUT2D eigenvalue weighted by molar-refractivity contribution is -0.139. The number of nitrogens with one attached hydrogen (secondary N) is 1. The molecular weight excluding hydrogens is 601 g/mol. The minimum absolute atomic E-state index is 0.0646. The normalized spacial score (nSPS) is 12.6. The molecule has 0 fully saturated rings. The fourth-order valence-corrected chi connectivity index (χ4v) is 6.07. The van der Waals surface area contributed by atoms with Crippen LogP contribution in [0.3, 0.4) is 0 Å². The summed E-state index contributed by atoms with van der Waals surface area (Å²) in [6.45, 7) is 4.59. The smallest absolute Gasteiger partial charge is 0.264 e. The molecule has 2 atom stereocenters. The number of anilines is 1. The first-order valence-electron chi connectivity index (χ1n) is 13.3. The molecular formula is C30H35Cl2N3O6S. The Kier molecular flexibility index (Phi) is 11.5. The van der Waals surface area contributed by atoms with Crippen LogP contribution in [0.25, 0.3) is 0 Å². The molecule has 0 unspecified atom stereocenters. The third-order valence-corrected chi connectivity index (χ3v) is 9.32. The number of carbonyl (C=O) groups is 2. The Labute approximate surface area is 257 Å². The van der Waals surface area contributed by atoms with Crippen LogP contribution in [0.5, 0.6) is 11.5 Å². The van der Waals surface area contributed by atoms with E-state index in [2.05, 4.69) is 5.32 Å². The van der Waals surface area contributed by atoms with E-state index < -0.39 is 34.4 Å². The number of nitrogens with zero attached hydrogens (tertiary/aromatic N) is 2. The molecule has 3 rings (SSSR count). The Balaban J connectivity index is 2.10. The zero-order chi connectivity index (χ0) is 31.0. The van der Waals surface area contributed by atoms with Crippen LogP contribution in [0, 0.1) is 0 Å². The van der Waals surface area contributed by atoms with Gasteiger partial charge in [-0.2, -0.15) is 0 Å². The van der Waals surface area contributed by atoms with Gasteiger partial charge in [-0.25, -0.2) is 8.42 Å². The van der Waals surface area contributed by atoms with Crippen LogP contribution in [0.4, 0.5) is 5.69 Å². The summed E-state index contributed by atoms with van der Waals surface area (Å²) in [6.07, 6.45) is 0.685. The van der Waals surface area contributed by atoms with Crippen molar-refractivity contribution in [2.45, 2.75) is 50.7 Å². The Bertz CT molecular complexity index is 1480. The van der Waals surface area contributed by atoms with Gasteiger partial charge in [0.2, 0.25) is 11.8 Å². The molecule has 0 aliphatic rings. The van der Waals surface area contributed by atoms with Gasteiger partial charge in [0.25, 0.3) is 10.0 Å². The van der Waals surface area contributed by atoms with E-state index in [0.717, 1.165) is 4.31 Å². The van der Waals surface area contributed by atoms with Gasteiger partial charge < -0.3 is 19.7 Å². The zero-order valence-electron chi connectivity index (χ0n) is 24.1. The Morgan fingerprint density at radius 2 is 1.52 bits per heavy atom. The predicted octanol–water partition coefficient (Wildman–Crippen LogP) is 5.54. The Morgan fingerprint density at radius 3 is 2.10 bits per heavy atom. The Morgan fingerprint density at radius 1 is 0.905 bits per heavy atom. The fraction of sp³-hybridized carbons (Fsp3) is 0.333. The van der Waals surface area contributed by atoms with Crippen LogP contribution in [0.15, 0.2) is 71.6 Å². The summed E-state index contributed by atoms with van der Waals surface area (Å²) < 4.78 is 39.7. The quantitative estimate of drug-likeness (QED) is 0.264. The first-order valence-corrected chi connectivity index (χ1v) is 15.5. The molecule has 0 aliphatic heterocycles. The van der Waals surface area contributed by atoms with E-state index >= 15 is 0 Å². The topological polar surface area (TPSA) is 105 Å². The number of carbonyl (C=O) groups excluding carboxylic acids is 2. The lowest BCUT2D eigenvalue weighted by atomic mass is 10.1. The lowest BCUT2D eigenvalue weighted by Crippen LogP contribution is -2.52. The summed E-state index contributed by atoms with van der Waals surface area (Å²) in [4.78, 5) is 28.6. The zero-order valence-corrected chi connectivity index (χ0v) is 26.5. The maximum atomic E-state index is 14.1. The van der Waals surface area contributed by atoms with Crippen molar-refractivity contribution < 1.29 is 27.5 Å². The molecule has 0 spiro atoms. The van der Waals surface area contributed by atoms with Gasteiger partial charge in [-0.15, -0.1) is 0 Å². The second-order valence-corrected chi connectivity index (χ2v) is 12.3. The van der Waals surface area contributed by atoms with Crippen molar-refractivity contribution in [1.82, 2.24) is 10.2 Å². The number of hydrogen-bond donors (Lipinski definition) is 1. The molecule has 9 nitrogen and oxygen atoms in total. The van der Waals surface area contributed by atoms with E-state index in [9.17, 15) is 18.0 Å². The number of amides is 2. The summed E-state index contributed by atoms with van der Waals surface area (Å²) >= 11 is 12.9. The molecule has 0 radical (unpaired) electrons. The van der Waals surface area contributed by atoms with Crippen molar-refractivity contribution in [2.24, 2.45) is 0 Å². The molecule has 2 amide bonds. The molecule has 3 aromatic carbocycles. The Hall–Kier alpha value is -3.47. The first kappa shape index (κ1) is 33.0. The molecule has 0 aromatic heterocycles. The minimum atomic E-state index is -4.30. The third kappa shape index (κ3) is 7.67. The SMILES string of the molecule is CC[C@H](C)NC(=O)[C@@H](C)N(Cc1c(Cl)cccc1Cl)C(=O)CN(c1ccccc1OC)S(=O)(=O)c1ccc(OC)cc1. The van der Waals surface area contributed by atoms with E-state index in [1.54, 1.807) is 49.4 Å². The van der Waals surface area contributed by atoms with Gasteiger partial charge in [0.05, 0.1) is 24.8 Å². The summed E-state index contributed by atoms with van der Waals surface area (Å²) in [6, 6.07) is 16.1. The molecule has 0 aliphatic carbocycles. The molecule has 0 heterocycles. The lowest BCUT2D eigenvalue weighted by Gasteiger charge is -2.33. The van der Waals surface area contributed by atoms with Crippen molar-refractivity contribution in [3.63, 3.8) is 0 Å². The van der Waals surface area contributed by atoms with E-state index in [-0.39, 0.29) is 28.9 Å². The van der Waals surface area contributed by atoms with Gasteiger partial charge in [-0.3, -0.25) is 13.9 Å². The molecule has 42 heavy (non-hydrogen) atoms. The highest BCUT2D eigenvalue weighted by Gasteiger charge is 2.34. The number of ether oxygens (including phenoxy) is 2. The van der Waals surface area contributed by atoms with Crippen LogP contribution >= 0.6 is 23.2 Å². The third-order valence-electron chi connectivity index (χ3n) is 6.84. The van der Waals surface area contributed by atoms with Gasteiger partial charge in [-0.05, 0) is 68.8 Å². The highest BCUT2D eigenvalue weighted by Crippen LogP contribution is 2.33. The molecule has 0 bridgehead atoms. The van der Waals surface area contributed by atoms with Crippen LogP contribution in [-0.4, -0.2) is 58.0 Å². The van der Waals surface area contributed by atoms with Gasteiger partial charge in [0.15, 0.2) is 0 Å². The van der Waals surface area contributed by atoms with E-state index in [4.69, 9.17) is 32.7 Å². The number of rotatable bonds is 13. The molecule has 3 aromatic rings. The van der Waals surface area contributed by atoms with Crippen molar-refractivity contribution in [2.75, 3.05) is 25.1 Å². The summed E-state index contributed by atoms with van der Waals surface area (Å²) in [5, 5.41) is 3.50. The molecule has 0 saturated carbocycles. The van der Waals surface area contributed by atoms with E-state index in [1.807, 2.05) is 13.8 Å². The summed E-state index contributed by atoms with van der Waals surface area (Å²) in [7, 11) is -1.42. The van der Waals surface area contributed by atoms with Crippen molar-refractivity contribution in [3.8, 4) is 11.5 Å². The second-order valence-electron chi connectivity index (χ2n) is 9.57. The van der Waals surface area contributed by atoms with Crippen LogP contribution in [-0.2, 0) is 26.2 Å². The molecule has 1 N–H and O–H groups in total. The number of methoxy groups -OCH3 is 2. The summed E-state index contributed by atoms with van der Waals surface area (Å²) in [5.41, 5.74) is 0.579. The van der Waals surface area contributed by atoms with Crippen molar-refractivity contribution >= 4 is 50.7 Å². The van der Waals surface area contributed by atoms with Crippen molar-refractivity contribution in [1.29, 1.82) is 0 Å². The summed E-state index contributed by atoms with van der Waals surface area (Å²) in [5.74, 6) is -0.341. The van der Waals surface area contributed by atoms with Gasteiger partial charge in [0.1, 0.15) is 24.1 Å². The molecule has 0 saturated heterocycles. The van der Waals surface area contributed by atoms with E-state index in [0.29, 0.717) is 27.8 Å². The molecule has 226 valence electrons. The van der Waals surface area contributed by atoms with Crippen molar-refractivity contribution in [3.05, 3.63) is 82.3 Å². The number of hydrogen-bond acceptors (Lipinski definition) is 6. The number of para-hydroxylation sites is 2. The van der Waals surface area contributed by atoms with Crippen LogP contribution in [0.2, 0.25) is 10.0 Å². The van der Waals surface area contributed by atoms with Crippen LogP contribution in [0.1, 0.15) is 32.8 Å². The van der Waals surface area contributed by atoms with Gasteiger partial charge in [0, 0.05) is 28.2 Å². The standard InChI is InChI=1S/C30H35Cl2N3O6S/c1-6-20(2)33-30(37)21(3)34(18-24-25(31)10-9-11-26(24)32)29(36)19-35(27-12-7-8-13-28(27)41-5)42(38,39)23-16-14-22(40-4)15-17-23/h7-17,20-21H,6,18-19H2,1-5H3,(H,33,37)/t20-,21+/m0/s1. The first-order chi connectivity index (χ1) is 19.9. The minimum Gasteiger partial charge on any atom is -0.497 e. The number of benzene rings is 3. The average molecular weight is 637 g/mol. The van der Waals surface area contributed by atoms with Gasteiger partial charge in [-0.1, -0.05) is 48.3 Å². The van der Waals surface area contributed by atoms with Gasteiger partial charge >= 0.3 is 0 Å². The maximum absolute atomic E-state index is 14.1. The predicted molar refractivity (Wildman–Crippen MR) is 165 cm³/mol. The highest BCUT2D eigenvalue weighted by molar-refractivity contribution is 7.92. The fourth-order valence-electron chi connectivity index (χ4n) is 4.13.